The number of hydrazone groups is 1. The van der Waals surface area contributed by atoms with Gasteiger partial charge < -0.3 is 4.74 Å². The van der Waals surface area contributed by atoms with Crippen LogP contribution < -0.4 is 10.2 Å². The molecule has 0 aromatic heterocycles. The maximum Gasteiger partial charge on any atom is 0.271 e. The lowest BCUT2D eigenvalue weighted by molar-refractivity contribution is 0.0955. The number of benzene rings is 2. The third kappa shape index (κ3) is 4.45. The highest BCUT2D eigenvalue weighted by atomic mass is 16.5. The Kier molecular flexibility index (Phi) is 5.52. The Labute approximate surface area is 124 Å². The van der Waals surface area contributed by atoms with Gasteiger partial charge in [0, 0.05) is 11.1 Å². The molecule has 0 radical (unpaired) electrons. The van der Waals surface area contributed by atoms with Crippen LogP contribution >= 0.6 is 0 Å². The van der Waals surface area contributed by atoms with E-state index in [9.17, 15) is 4.79 Å². The van der Waals surface area contributed by atoms with Gasteiger partial charge in [-0.05, 0) is 30.7 Å². The molecule has 0 heterocycles. The number of nitrogens with zero attached hydrogens (tertiary/aromatic N) is 1. The molecule has 2 aromatic rings. The molecule has 0 aliphatic rings. The summed E-state index contributed by atoms with van der Waals surface area (Å²) < 4.78 is 5.62. The van der Waals surface area contributed by atoms with E-state index in [1.165, 1.54) is 0 Å². The predicted molar refractivity (Wildman–Crippen MR) is 83.7 cm³/mol. The number of carbonyl (C=O) groups excluding carboxylic acids is 1. The van der Waals surface area contributed by atoms with Crippen LogP contribution in [0.5, 0.6) is 5.75 Å². The summed E-state index contributed by atoms with van der Waals surface area (Å²) in [5.74, 6) is 0.524. The van der Waals surface area contributed by atoms with Crippen LogP contribution in [0.3, 0.4) is 0 Å². The molecular weight excluding hydrogens is 264 g/mol. The maximum absolute atomic E-state index is 11.8. The molecule has 0 aliphatic carbocycles. The van der Waals surface area contributed by atoms with Crippen molar-refractivity contribution in [1.82, 2.24) is 5.43 Å². The minimum absolute atomic E-state index is 0.237. The Balaban J connectivity index is 2.00. The SMILES string of the molecule is CCCOc1ccccc1/C=N\NC(=O)c1ccccc1. The Morgan fingerprint density at radius 3 is 2.62 bits per heavy atom. The van der Waals surface area contributed by atoms with Gasteiger partial charge in [-0.3, -0.25) is 4.79 Å². The van der Waals surface area contributed by atoms with Gasteiger partial charge in [0.15, 0.2) is 0 Å². The summed E-state index contributed by atoms with van der Waals surface area (Å²) in [5, 5.41) is 3.98. The van der Waals surface area contributed by atoms with Gasteiger partial charge in [-0.25, -0.2) is 5.43 Å². The van der Waals surface area contributed by atoms with Crippen molar-refractivity contribution >= 4 is 12.1 Å². The van der Waals surface area contributed by atoms with Gasteiger partial charge in [0.05, 0.1) is 12.8 Å². The number of nitrogens with one attached hydrogen (secondary N) is 1. The second kappa shape index (κ2) is 7.85. The number of carbonyl (C=O) groups is 1. The van der Waals surface area contributed by atoms with Gasteiger partial charge in [0.1, 0.15) is 5.75 Å². The van der Waals surface area contributed by atoms with Gasteiger partial charge in [-0.2, -0.15) is 5.10 Å². The van der Waals surface area contributed by atoms with Gasteiger partial charge in [-0.1, -0.05) is 37.3 Å². The average Bonchev–Trinajstić information content (AvgIpc) is 2.54. The first kappa shape index (κ1) is 14.8. The van der Waals surface area contributed by atoms with Crippen LogP contribution in [0.25, 0.3) is 0 Å². The lowest BCUT2D eigenvalue weighted by Crippen LogP contribution is -2.17. The largest absolute Gasteiger partial charge is 0.493 e. The number of ether oxygens (including phenoxy) is 1. The van der Waals surface area contributed by atoms with E-state index in [0.29, 0.717) is 12.2 Å². The maximum atomic E-state index is 11.8. The molecule has 0 spiro atoms. The number of hydrogen-bond acceptors (Lipinski definition) is 3. The smallest absolute Gasteiger partial charge is 0.271 e. The summed E-state index contributed by atoms with van der Waals surface area (Å²) in [6.07, 6.45) is 2.53. The van der Waals surface area contributed by atoms with E-state index in [4.69, 9.17) is 4.74 Å². The number of amides is 1. The van der Waals surface area contributed by atoms with Crippen molar-refractivity contribution in [3.05, 3.63) is 65.7 Å². The van der Waals surface area contributed by atoms with E-state index in [2.05, 4.69) is 17.5 Å². The van der Waals surface area contributed by atoms with E-state index in [1.807, 2.05) is 42.5 Å². The van der Waals surface area contributed by atoms with Gasteiger partial charge in [0.25, 0.3) is 5.91 Å². The molecule has 2 rings (SSSR count). The number of rotatable bonds is 6. The molecule has 0 saturated heterocycles. The molecule has 108 valence electrons. The first-order valence-electron chi connectivity index (χ1n) is 6.91. The second-order valence-corrected chi connectivity index (χ2v) is 4.45. The summed E-state index contributed by atoms with van der Waals surface area (Å²) in [5.41, 5.74) is 3.91. The fourth-order valence-electron chi connectivity index (χ4n) is 1.75. The van der Waals surface area contributed by atoms with Crippen LogP contribution in [-0.2, 0) is 0 Å². The molecular formula is C17H18N2O2. The lowest BCUT2D eigenvalue weighted by Gasteiger charge is -2.07. The predicted octanol–water partition coefficient (Wildman–Crippen LogP) is 3.24. The lowest BCUT2D eigenvalue weighted by atomic mass is 10.2. The summed E-state index contributed by atoms with van der Waals surface area (Å²) in [4.78, 5) is 11.8. The van der Waals surface area contributed by atoms with Gasteiger partial charge >= 0.3 is 0 Å². The van der Waals surface area contributed by atoms with Crippen LogP contribution in [0.15, 0.2) is 59.7 Å². The fourth-order valence-corrected chi connectivity index (χ4v) is 1.75. The van der Waals surface area contributed by atoms with Crippen molar-refractivity contribution in [2.75, 3.05) is 6.61 Å². The second-order valence-electron chi connectivity index (χ2n) is 4.45. The third-order valence-corrected chi connectivity index (χ3v) is 2.79. The molecule has 4 heteroatoms. The molecule has 0 unspecified atom stereocenters. The highest BCUT2D eigenvalue weighted by Crippen LogP contribution is 2.15. The fraction of sp³-hybridized carbons (Fsp3) is 0.176. The summed E-state index contributed by atoms with van der Waals surface area (Å²) >= 11 is 0. The van der Waals surface area contributed by atoms with Crippen LogP contribution in [0.2, 0.25) is 0 Å². The standard InChI is InChI=1S/C17H18N2O2/c1-2-12-21-16-11-7-6-10-15(16)13-18-19-17(20)14-8-4-3-5-9-14/h3-11,13H,2,12H2,1H3,(H,19,20)/b18-13-. The molecule has 1 N–H and O–H groups in total. The van der Waals surface area contributed by atoms with Crippen molar-refractivity contribution in [2.24, 2.45) is 5.10 Å². The zero-order valence-electron chi connectivity index (χ0n) is 12.0. The molecule has 4 nitrogen and oxygen atoms in total. The minimum Gasteiger partial charge on any atom is -0.493 e. The van der Waals surface area contributed by atoms with E-state index in [-0.39, 0.29) is 5.91 Å². The Morgan fingerprint density at radius 2 is 1.86 bits per heavy atom. The summed E-state index contributed by atoms with van der Waals surface area (Å²) in [6.45, 7) is 2.71. The normalized spacial score (nSPS) is 10.5. The molecule has 0 bridgehead atoms. The molecule has 21 heavy (non-hydrogen) atoms. The van der Waals surface area contributed by atoms with Crippen LogP contribution in [0.1, 0.15) is 29.3 Å². The van der Waals surface area contributed by atoms with Crippen LogP contribution in [0.4, 0.5) is 0 Å². The van der Waals surface area contributed by atoms with Crippen molar-refractivity contribution < 1.29 is 9.53 Å². The molecule has 0 atom stereocenters. The van der Waals surface area contributed by atoms with Crippen molar-refractivity contribution in [3.8, 4) is 5.75 Å². The highest BCUT2D eigenvalue weighted by molar-refractivity contribution is 5.95. The van der Waals surface area contributed by atoms with E-state index in [0.717, 1.165) is 17.7 Å². The minimum atomic E-state index is -0.237. The monoisotopic (exact) mass is 282 g/mol. The zero-order valence-corrected chi connectivity index (χ0v) is 12.0. The molecule has 0 saturated carbocycles. The zero-order chi connectivity index (χ0) is 14.9. The Morgan fingerprint density at radius 1 is 1.14 bits per heavy atom. The first-order chi connectivity index (χ1) is 10.3. The van der Waals surface area contributed by atoms with Crippen LogP contribution in [-0.4, -0.2) is 18.7 Å². The first-order valence-corrected chi connectivity index (χ1v) is 6.91. The third-order valence-electron chi connectivity index (χ3n) is 2.79. The van der Waals surface area contributed by atoms with Crippen molar-refractivity contribution in [3.63, 3.8) is 0 Å². The number of hydrogen-bond donors (Lipinski definition) is 1. The van der Waals surface area contributed by atoms with E-state index >= 15 is 0 Å². The summed E-state index contributed by atoms with van der Waals surface area (Å²) in [7, 11) is 0. The van der Waals surface area contributed by atoms with E-state index < -0.39 is 0 Å². The molecule has 2 aromatic carbocycles. The molecule has 0 fully saturated rings. The van der Waals surface area contributed by atoms with Gasteiger partial charge in [0.2, 0.25) is 0 Å². The van der Waals surface area contributed by atoms with Crippen molar-refractivity contribution in [2.45, 2.75) is 13.3 Å². The average molecular weight is 282 g/mol. The topological polar surface area (TPSA) is 50.7 Å². The van der Waals surface area contributed by atoms with Gasteiger partial charge in [-0.15, -0.1) is 0 Å². The molecule has 1 amide bonds. The highest BCUT2D eigenvalue weighted by Gasteiger charge is 2.03. The Bertz CT molecular complexity index is 609. The quantitative estimate of drug-likeness (QED) is 0.653. The Hall–Kier alpha value is -2.62. The molecule has 0 aliphatic heterocycles. The van der Waals surface area contributed by atoms with E-state index in [1.54, 1.807) is 18.3 Å². The summed E-state index contributed by atoms with van der Waals surface area (Å²) in [6, 6.07) is 16.6. The number of para-hydroxylation sites is 1. The van der Waals surface area contributed by atoms with Crippen LogP contribution in [0, 0.1) is 0 Å². The van der Waals surface area contributed by atoms with Crippen molar-refractivity contribution in [1.29, 1.82) is 0 Å².